The summed E-state index contributed by atoms with van der Waals surface area (Å²) in [7, 11) is 0. The molecule has 0 N–H and O–H groups in total. The highest BCUT2D eigenvalue weighted by molar-refractivity contribution is 6.27. The van der Waals surface area contributed by atoms with Gasteiger partial charge in [-0.05, 0) is 121 Å². The predicted octanol–water partition coefficient (Wildman–Crippen LogP) is 15.0. The molecule has 0 amide bonds. The van der Waals surface area contributed by atoms with Crippen molar-refractivity contribution in [1.29, 1.82) is 0 Å². The summed E-state index contributed by atoms with van der Waals surface area (Å²) in [5.74, 6) is 0. The van der Waals surface area contributed by atoms with Gasteiger partial charge in [-0.1, -0.05) is 140 Å². The van der Waals surface area contributed by atoms with Crippen LogP contribution in [0.3, 0.4) is 0 Å². The Morgan fingerprint density at radius 1 is 0.278 bits per heavy atom. The van der Waals surface area contributed by atoms with Gasteiger partial charge in [0.1, 0.15) is 0 Å². The van der Waals surface area contributed by atoms with Crippen LogP contribution >= 0.6 is 0 Å². The summed E-state index contributed by atoms with van der Waals surface area (Å²) in [5, 5.41) is 15.4. The zero-order valence-corrected chi connectivity index (χ0v) is 30.2. The lowest BCUT2D eigenvalue weighted by atomic mass is 9.92. The minimum Gasteiger partial charge on any atom is -0.310 e. The first-order valence-corrected chi connectivity index (χ1v) is 18.8. The van der Waals surface area contributed by atoms with Crippen LogP contribution in [0, 0.1) is 13.8 Å². The molecule has 0 saturated heterocycles. The number of anilines is 6. The maximum Gasteiger partial charge on any atom is 0.0540 e. The van der Waals surface area contributed by atoms with E-state index in [9.17, 15) is 0 Å². The van der Waals surface area contributed by atoms with Gasteiger partial charge in [0.25, 0.3) is 0 Å². The van der Waals surface area contributed by atoms with Crippen LogP contribution in [0.4, 0.5) is 34.1 Å². The molecule has 11 aromatic rings. The molecule has 0 aliphatic heterocycles. The molecule has 0 atom stereocenters. The summed E-state index contributed by atoms with van der Waals surface area (Å²) >= 11 is 0. The van der Waals surface area contributed by atoms with E-state index in [0.29, 0.717) is 0 Å². The standard InChI is InChI=1S/C52H36N2/c1-33-10-3-5-18-45(33)53(47-30-26-39-22-20-35-12-7-14-37-24-28-43(47)51(39)49(35)37)41-16-9-17-42(32-41)54(46-19-6-4-11-34(46)2)48-31-27-40-23-21-36-13-8-15-38-25-29-44(48)52(40)50(36)38/h3-32H,1-2H3. The average molecular weight is 689 g/mol. The first-order chi connectivity index (χ1) is 26.6. The number of para-hydroxylation sites is 2. The Bertz CT molecular complexity index is 2970. The molecule has 11 rings (SSSR count). The SMILES string of the molecule is Cc1ccccc1N(c1cccc(N(c2ccccc2C)c2ccc3ccc4cccc5ccc2c3c45)c1)c1ccc2ccc3cccc4ccc1c2c34. The molecule has 0 heterocycles. The number of benzene rings is 11. The fourth-order valence-electron chi connectivity index (χ4n) is 9.05. The molecule has 0 saturated carbocycles. The lowest BCUT2D eigenvalue weighted by Gasteiger charge is -2.32. The molecular formula is C52H36N2. The van der Waals surface area contributed by atoms with Gasteiger partial charge in [-0.15, -0.1) is 0 Å². The maximum absolute atomic E-state index is 2.46. The van der Waals surface area contributed by atoms with Crippen molar-refractivity contribution < 1.29 is 0 Å². The molecule has 0 radical (unpaired) electrons. The number of aryl methyl sites for hydroxylation is 2. The second-order valence-electron chi connectivity index (χ2n) is 14.6. The summed E-state index contributed by atoms with van der Waals surface area (Å²) in [4.78, 5) is 4.93. The van der Waals surface area contributed by atoms with Crippen LogP contribution in [0.25, 0.3) is 64.6 Å². The fraction of sp³-hybridized carbons (Fsp3) is 0.0385. The molecule has 0 unspecified atom stereocenters. The number of hydrogen-bond donors (Lipinski definition) is 0. The molecule has 0 aromatic heterocycles. The summed E-state index contributed by atoms with van der Waals surface area (Å²) in [5.41, 5.74) is 9.30. The molecule has 2 heteroatoms. The molecule has 0 aliphatic carbocycles. The van der Waals surface area contributed by atoms with Crippen LogP contribution in [-0.2, 0) is 0 Å². The second kappa shape index (κ2) is 11.8. The van der Waals surface area contributed by atoms with Crippen LogP contribution < -0.4 is 9.80 Å². The van der Waals surface area contributed by atoms with Gasteiger partial charge in [0, 0.05) is 33.5 Å². The molecule has 11 aromatic carbocycles. The molecular weight excluding hydrogens is 653 g/mol. The van der Waals surface area contributed by atoms with Crippen molar-refractivity contribution in [3.8, 4) is 0 Å². The lowest BCUT2D eigenvalue weighted by Crippen LogP contribution is -2.15. The van der Waals surface area contributed by atoms with E-state index in [1.54, 1.807) is 0 Å². The third kappa shape index (κ3) is 4.53. The van der Waals surface area contributed by atoms with Crippen molar-refractivity contribution in [2.75, 3.05) is 9.80 Å². The highest BCUT2D eigenvalue weighted by Gasteiger charge is 2.23. The van der Waals surface area contributed by atoms with Gasteiger partial charge in [0.05, 0.1) is 11.4 Å². The number of rotatable bonds is 6. The van der Waals surface area contributed by atoms with Crippen molar-refractivity contribution in [2.24, 2.45) is 0 Å². The molecule has 54 heavy (non-hydrogen) atoms. The molecule has 254 valence electrons. The monoisotopic (exact) mass is 688 g/mol. The Morgan fingerprint density at radius 3 is 1.06 bits per heavy atom. The Hall–Kier alpha value is -6.90. The van der Waals surface area contributed by atoms with Crippen LogP contribution in [0.15, 0.2) is 182 Å². The highest BCUT2D eigenvalue weighted by atomic mass is 15.2. The summed E-state index contributed by atoms with van der Waals surface area (Å²) in [6, 6.07) is 67.3. The minimum atomic E-state index is 1.10. The smallest absolute Gasteiger partial charge is 0.0540 e. The van der Waals surface area contributed by atoms with Crippen LogP contribution in [0.2, 0.25) is 0 Å². The maximum atomic E-state index is 2.46. The van der Waals surface area contributed by atoms with Gasteiger partial charge in [-0.3, -0.25) is 0 Å². The van der Waals surface area contributed by atoms with E-state index in [0.717, 1.165) is 34.1 Å². The third-order valence-corrected chi connectivity index (χ3v) is 11.6. The van der Waals surface area contributed by atoms with Gasteiger partial charge in [-0.2, -0.15) is 0 Å². The zero-order chi connectivity index (χ0) is 35.9. The Labute approximate surface area is 314 Å². The summed E-state index contributed by atoms with van der Waals surface area (Å²) in [6.07, 6.45) is 0. The van der Waals surface area contributed by atoms with Crippen molar-refractivity contribution in [1.82, 2.24) is 0 Å². The second-order valence-corrected chi connectivity index (χ2v) is 14.6. The Morgan fingerprint density at radius 2 is 0.630 bits per heavy atom. The van der Waals surface area contributed by atoms with Crippen molar-refractivity contribution >= 4 is 98.8 Å². The van der Waals surface area contributed by atoms with Crippen LogP contribution in [-0.4, -0.2) is 0 Å². The number of nitrogens with zero attached hydrogens (tertiary/aromatic N) is 2. The zero-order valence-electron chi connectivity index (χ0n) is 30.2. The van der Waals surface area contributed by atoms with E-state index in [1.807, 2.05) is 0 Å². The van der Waals surface area contributed by atoms with Crippen molar-refractivity contribution in [2.45, 2.75) is 13.8 Å². The Balaban J connectivity index is 1.18. The number of hydrogen-bond acceptors (Lipinski definition) is 2. The van der Waals surface area contributed by atoms with Crippen molar-refractivity contribution in [3.63, 3.8) is 0 Å². The predicted molar refractivity (Wildman–Crippen MR) is 233 cm³/mol. The molecule has 0 aliphatic rings. The fourth-order valence-corrected chi connectivity index (χ4v) is 9.05. The van der Waals surface area contributed by atoms with Gasteiger partial charge in [0.2, 0.25) is 0 Å². The topological polar surface area (TPSA) is 6.48 Å². The average Bonchev–Trinajstić information content (AvgIpc) is 3.21. The summed E-state index contributed by atoms with van der Waals surface area (Å²) in [6.45, 7) is 4.43. The lowest BCUT2D eigenvalue weighted by molar-refractivity contribution is 1.23. The van der Waals surface area contributed by atoms with E-state index in [1.165, 1.54) is 75.8 Å². The van der Waals surface area contributed by atoms with Gasteiger partial charge in [0.15, 0.2) is 0 Å². The quantitative estimate of drug-likeness (QED) is 0.160. The molecule has 2 nitrogen and oxygen atoms in total. The first kappa shape index (κ1) is 30.7. The van der Waals surface area contributed by atoms with Gasteiger partial charge >= 0.3 is 0 Å². The first-order valence-electron chi connectivity index (χ1n) is 18.8. The van der Waals surface area contributed by atoms with Crippen LogP contribution in [0.1, 0.15) is 11.1 Å². The third-order valence-electron chi connectivity index (χ3n) is 11.6. The van der Waals surface area contributed by atoms with Crippen LogP contribution in [0.5, 0.6) is 0 Å². The highest BCUT2D eigenvalue weighted by Crippen LogP contribution is 2.48. The van der Waals surface area contributed by atoms with Crippen molar-refractivity contribution in [3.05, 3.63) is 193 Å². The Kier molecular flexibility index (Phi) is 6.72. The minimum absolute atomic E-state index is 1.10. The van der Waals surface area contributed by atoms with E-state index in [-0.39, 0.29) is 0 Å². The summed E-state index contributed by atoms with van der Waals surface area (Å²) < 4.78 is 0. The molecule has 0 fully saturated rings. The van der Waals surface area contributed by atoms with Gasteiger partial charge in [-0.25, -0.2) is 0 Å². The molecule has 0 bridgehead atoms. The normalized spacial score (nSPS) is 11.9. The van der Waals surface area contributed by atoms with Gasteiger partial charge < -0.3 is 9.80 Å². The largest absolute Gasteiger partial charge is 0.310 e. The molecule has 0 spiro atoms. The van der Waals surface area contributed by atoms with E-state index >= 15 is 0 Å². The van der Waals surface area contributed by atoms with E-state index in [4.69, 9.17) is 0 Å². The van der Waals surface area contributed by atoms with E-state index < -0.39 is 0 Å². The van der Waals surface area contributed by atoms with E-state index in [2.05, 4.69) is 206 Å².